The number of ether oxygens (including phenoxy) is 3. The molecule has 3 atom stereocenters. The zero-order chi connectivity index (χ0) is 28.0. The van der Waals surface area contributed by atoms with E-state index < -0.39 is 47.4 Å². The van der Waals surface area contributed by atoms with Gasteiger partial charge in [-0.3, -0.25) is 19.1 Å². The van der Waals surface area contributed by atoms with Crippen molar-refractivity contribution in [3.8, 4) is 12.3 Å². The van der Waals surface area contributed by atoms with Crippen LogP contribution in [-0.4, -0.2) is 40.9 Å². The Kier molecular flexibility index (Phi) is 13.7. The molecule has 1 saturated heterocycles. The van der Waals surface area contributed by atoms with Crippen LogP contribution in [-0.2, 0) is 25.2 Å². The SMILES string of the molecule is C#CCO[C@H]1C[C@H](n2cc(C(F)(F)F)c(=O)[nH]c2=O)O[C@@H]1COC(=O)CCCCCCCCCCCCC. The van der Waals surface area contributed by atoms with Crippen molar-refractivity contribution in [2.45, 2.75) is 115 Å². The van der Waals surface area contributed by atoms with Crippen molar-refractivity contribution in [2.24, 2.45) is 0 Å². The van der Waals surface area contributed by atoms with Crippen LogP contribution in [0.3, 0.4) is 0 Å². The van der Waals surface area contributed by atoms with E-state index in [2.05, 4.69) is 12.8 Å². The van der Waals surface area contributed by atoms with Gasteiger partial charge in [-0.2, -0.15) is 13.2 Å². The molecule has 2 rings (SSSR count). The fraction of sp³-hybridized carbons (Fsp3) is 0.741. The summed E-state index contributed by atoms with van der Waals surface area (Å²) in [5.41, 5.74) is -4.12. The molecule has 1 fully saturated rings. The van der Waals surface area contributed by atoms with Crippen LogP contribution in [0.25, 0.3) is 0 Å². The van der Waals surface area contributed by atoms with Crippen molar-refractivity contribution in [2.75, 3.05) is 13.2 Å². The van der Waals surface area contributed by atoms with E-state index in [1.54, 1.807) is 4.98 Å². The molecule has 214 valence electrons. The number of H-pyrrole nitrogens is 1. The summed E-state index contributed by atoms with van der Waals surface area (Å²) in [6, 6.07) is 0. The highest BCUT2D eigenvalue weighted by atomic mass is 19.4. The maximum absolute atomic E-state index is 13.2. The predicted octanol–water partition coefficient (Wildman–Crippen LogP) is 5.11. The summed E-state index contributed by atoms with van der Waals surface area (Å²) >= 11 is 0. The van der Waals surface area contributed by atoms with Crippen molar-refractivity contribution < 1.29 is 32.2 Å². The number of rotatable bonds is 17. The molecule has 1 aliphatic heterocycles. The molecule has 0 amide bonds. The highest BCUT2D eigenvalue weighted by molar-refractivity contribution is 5.69. The summed E-state index contributed by atoms with van der Waals surface area (Å²) in [5.74, 6) is 1.88. The number of esters is 1. The number of carbonyl (C=O) groups is 1. The summed E-state index contributed by atoms with van der Waals surface area (Å²) in [4.78, 5) is 37.6. The van der Waals surface area contributed by atoms with E-state index in [1.165, 1.54) is 44.9 Å². The highest BCUT2D eigenvalue weighted by Gasteiger charge is 2.40. The van der Waals surface area contributed by atoms with E-state index in [0.717, 1.165) is 19.3 Å². The van der Waals surface area contributed by atoms with Crippen molar-refractivity contribution in [3.05, 3.63) is 32.6 Å². The average molecular weight is 545 g/mol. The first kappa shape index (κ1) is 31.6. The number of hydrogen-bond donors (Lipinski definition) is 1. The predicted molar refractivity (Wildman–Crippen MR) is 135 cm³/mol. The standard InChI is InChI=1S/C27H39F3N2O6/c1-3-5-6-7-8-9-10-11-12-13-14-15-24(33)37-19-22-21(36-16-4-2)17-23(38-22)32-18-20(27(28,29)30)25(34)31-26(32)35/h2,18,21-23H,3,5-17,19H2,1H3,(H,31,34,35)/t21-,22+,23+/m0/s1. The van der Waals surface area contributed by atoms with E-state index in [-0.39, 0.29) is 26.1 Å². The van der Waals surface area contributed by atoms with E-state index in [1.807, 2.05) is 0 Å². The first-order chi connectivity index (χ1) is 18.2. The van der Waals surface area contributed by atoms with Crippen molar-refractivity contribution in [1.82, 2.24) is 9.55 Å². The highest BCUT2D eigenvalue weighted by Crippen LogP contribution is 2.32. The van der Waals surface area contributed by atoms with Gasteiger partial charge in [-0.1, -0.05) is 77.1 Å². The number of aromatic amines is 1. The van der Waals surface area contributed by atoms with Crippen LogP contribution in [0.1, 0.15) is 102 Å². The van der Waals surface area contributed by atoms with Gasteiger partial charge in [0.1, 0.15) is 31.1 Å². The molecule has 0 aliphatic carbocycles. The second kappa shape index (κ2) is 16.4. The average Bonchev–Trinajstić information content (AvgIpc) is 3.26. The monoisotopic (exact) mass is 544 g/mol. The second-order valence-electron chi connectivity index (χ2n) is 9.59. The first-order valence-corrected chi connectivity index (χ1v) is 13.5. The summed E-state index contributed by atoms with van der Waals surface area (Å²) in [5, 5.41) is 0. The lowest BCUT2D eigenvalue weighted by Gasteiger charge is -2.18. The molecule has 0 bridgehead atoms. The Morgan fingerprint density at radius 1 is 1.11 bits per heavy atom. The van der Waals surface area contributed by atoms with Gasteiger partial charge in [0.2, 0.25) is 0 Å². The molecule has 0 radical (unpaired) electrons. The minimum Gasteiger partial charge on any atom is -0.463 e. The molecule has 1 aromatic rings. The number of hydrogen-bond acceptors (Lipinski definition) is 6. The van der Waals surface area contributed by atoms with Crippen molar-refractivity contribution >= 4 is 5.97 Å². The topological polar surface area (TPSA) is 99.6 Å². The third-order valence-electron chi connectivity index (χ3n) is 6.54. The Morgan fingerprint density at radius 3 is 2.29 bits per heavy atom. The molecular formula is C27H39F3N2O6. The Bertz CT molecular complexity index is 1010. The smallest absolute Gasteiger partial charge is 0.423 e. The molecule has 11 heteroatoms. The van der Waals surface area contributed by atoms with E-state index >= 15 is 0 Å². The molecule has 0 spiro atoms. The number of alkyl halides is 3. The minimum absolute atomic E-state index is 0.0221. The molecule has 1 N–H and O–H groups in total. The Labute approximate surface area is 221 Å². The number of aromatic nitrogens is 2. The molecule has 0 unspecified atom stereocenters. The minimum atomic E-state index is -4.95. The van der Waals surface area contributed by atoms with Gasteiger partial charge in [0.25, 0.3) is 5.56 Å². The third kappa shape index (κ3) is 10.7. The Hall–Kier alpha value is -2.58. The second-order valence-corrected chi connectivity index (χ2v) is 9.59. The molecule has 8 nitrogen and oxygen atoms in total. The van der Waals surface area contributed by atoms with E-state index in [4.69, 9.17) is 20.6 Å². The van der Waals surface area contributed by atoms with Crippen molar-refractivity contribution in [1.29, 1.82) is 0 Å². The van der Waals surface area contributed by atoms with E-state index in [0.29, 0.717) is 17.2 Å². The molecule has 1 aliphatic rings. The third-order valence-corrected chi connectivity index (χ3v) is 6.54. The largest absolute Gasteiger partial charge is 0.463 e. The van der Waals surface area contributed by atoms with Gasteiger partial charge in [-0.05, 0) is 6.42 Å². The van der Waals surface area contributed by atoms with Gasteiger partial charge in [-0.15, -0.1) is 6.42 Å². The summed E-state index contributed by atoms with van der Waals surface area (Å²) in [7, 11) is 0. The zero-order valence-corrected chi connectivity index (χ0v) is 22.0. The molecular weight excluding hydrogens is 505 g/mol. The fourth-order valence-corrected chi connectivity index (χ4v) is 4.43. The van der Waals surface area contributed by atoms with Crippen LogP contribution in [0.2, 0.25) is 0 Å². The molecule has 0 aromatic carbocycles. The number of halogens is 3. The van der Waals surface area contributed by atoms with Gasteiger partial charge in [-0.25, -0.2) is 4.79 Å². The number of terminal acetylenes is 1. The molecule has 38 heavy (non-hydrogen) atoms. The molecule has 1 aromatic heterocycles. The number of nitrogens with zero attached hydrogens (tertiary/aromatic N) is 1. The fourth-order valence-electron chi connectivity index (χ4n) is 4.43. The zero-order valence-electron chi connectivity index (χ0n) is 22.0. The summed E-state index contributed by atoms with van der Waals surface area (Å²) in [6.07, 6.45) is 10.9. The number of carbonyl (C=O) groups excluding carboxylic acids is 1. The van der Waals surface area contributed by atoms with Crippen LogP contribution in [0.5, 0.6) is 0 Å². The lowest BCUT2D eigenvalue weighted by atomic mass is 10.1. The lowest BCUT2D eigenvalue weighted by molar-refractivity contribution is -0.151. The van der Waals surface area contributed by atoms with Crippen molar-refractivity contribution in [3.63, 3.8) is 0 Å². The van der Waals surface area contributed by atoms with Crippen LogP contribution in [0.15, 0.2) is 15.8 Å². The van der Waals surface area contributed by atoms with Gasteiger partial charge >= 0.3 is 17.8 Å². The van der Waals surface area contributed by atoms with Crippen LogP contribution in [0, 0.1) is 12.3 Å². The summed E-state index contributed by atoms with van der Waals surface area (Å²) < 4.78 is 56.7. The van der Waals surface area contributed by atoms with Gasteiger partial charge in [0, 0.05) is 19.0 Å². The van der Waals surface area contributed by atoms with Crippen LogP contribution < -0.4 is 11.2 Å². The number of nitrogens with one attached hydrogen (secondary N) is 1. The lowest BCUT2D eigenvalue weighted by Crippen LogP contribution is -2.36. The quantitative estimate of drug-likeness (QED) is 0.166. The maximum Gasteiger partial charge on any atom is 0.423 e. The molecule has 0 saturated carbocycles. The van der Waals surface area contributed by atoms with Gasteiger partial charge in [0.05, 0.1) is 6.10 Å². The van der Waals surface area contributed by atoms with Crippen LogP contribution >= 0.6 is 0 Å². The first-order valence-electron chi connectivity index (χ1n) is 13.5. The molecule has 2 heterocycles. The Morgan fingerprint density at radius 2 is 1.71 bits per heavy atom. The normalized spacial score (nSPS) is 19.4. The number of unbranched alkanes of at least 4 members (excludes halogenated alkanes) is 10. The summed E-state index contributed by atoms with van der Waals surface area (Å²) in [6.45, 7) is 1.91. The Balaban J connectivity index is 1.79. The maximum atomic E-state index is 13.2. The van der Waals surface area contributed by atoms with E-state index in [9.17, 15) is 27.6 Å². The van der Waals surface area contributed by atoms with Gasteiger partial charge < -0.3 is 14.2 Å². The van der Waals surface area contributed by atoms with Crippen LogP contribution in [0.4, 0.5) is 13.2 Å². The van der Waals surface area contributed by atoms with Gasteiger partial charge in [0.15, 0.2) is 0 Å².